The highest BCUT2D eigenvalue weighted by Crippen LogP contribution is 2.25. The van der Waals surface area contributed by atoms with E-state index in [0.717, 1.165) is 10.5 Å². The van der Waals surface area contributed by atoms with E-state index in [1.54, 1.807) is 42.2 Å². The van der Waals surface area contributed by atoms with Crippen LogP contribution in [0.2, 0.25) is 0 Å². The molecule has 0 saturated carbocycles. The summed E-state index contributed by atoms with van der Waals surface area (Å²) in [7, 11) is 0. The van der Waals surface area contributed by atoms with Crippen molar-refractivity contribution in [1.29, 1.82) is 0 Å². The number of anilines is 1. The van der Waals surface area contributed by atoms with Gasteiger partial charge in [0.15, 0.2) is 5.82 Å². The number of hydrogen-bond donors (Lipinski definition) is 2. The number of nitrogens with one attached hydrogen (secondary N) is 2. The van der Waals surface area contributed by atoms with Gasteiger partial charge in [-0.2, -0.15) is 10.1 Å². The van der Waals surface area contributed by atoms with Crippen molar-refractivity contribution in [2.45, 2.75) is 30.7 Å². The van der Waals surface area contributed by atoms with Crippen LogP contribution in [-0.4, -0.2) is 31.7 Å². The number of benzene rings is 2. The van der Waals surface area contributed by atoms with Crippen LogP contribution in [0.1, 0.15) is 27.6 Å². The Labute approximate surface area is 194 Å². The lowest BCUT2D eigenvalue weighted by Crippen LogP contribution is -2.23. The van der Waals surface area contributed by atoms with Gasteiger partial charge in [0.2, 0.25) is 11.8 Å². The Morgan fingerprint density at radius 2 is 2.00 bits per heavy atom. The fraction of sp³-hybridized carbons (Fsp3) is 0.174. The molecular weight excluding hydrogens is 440 g/mol. The van der Waals surface area contributed by atoms with E-state index in [0.29, 0.717) is 35.3 Å². The predicted octanol–water partition coefficient (Wildman–Crippen LogP) is 3.44. The van der Waals surface area contributed by atoms with Crippen molar-refractivity contribution >= 4 is 29.3 Å². The lowest BCUT2D eigenvalue weighted by Gasteiger charge is -2.11. The lowest BCUT2D eigenvalue weighted by atomic mass is 10.1. The molecule has 168 valence electrons. The molecule has 2 N–H and O–H groups in total. The molecule has 2 amide bonds. The number of aryl methyl sites for hydroxylation is 1. The van der Waals surface area contributed by atoms with Gasteiger partial charge in [-0.05, 0) is 35.9 Å². The molecule has 0 saturated heterocycles. The molecule has 0 aliphatic heterocycles. The Morgan fingerprint density at radius 1 is 1.12 bits per heavy atom. The first-order chi connectivity index (χ1) is 16.1. The molecule has 10 heteroatoms. The van der Waals surface area contributed by atoms with Gasteiger partial charge in [-0.1, -0.05) is 29.4 Å². The highest BCUT2D eigenvalue weighted by molar-refractivity contribution is 7.98. The van der Waals surface area contributed by atoms with Crippen molar-refractivity contribution in [3.63, 3.8) is 0 Å². The number of carbonyl (C=O) groups is 2. The first-order valence-electron chi connectivity index (χ1n) is 10.2. The Hall–Kier alpha value is -3.92. The molecule has 33 heavy (non-hydrogen) atoms. The Morgan fingerprint density at radius 3 is 2.79 bits per heavy atom. The van der Waals surface area contributed by atoms with Gasteiger partial charge in [-0.25, -0.2) is 0 Å². The molecule has 0 atom stereocenters. The summed E-state index contributed by atoms with van der Waals surface area (Å²) in [4.78, 5) is 30.0. The van der Waals surface area contributed by atoms with Crippen LogP contribution in [0, 0.1) is 6.92 Å². The van der Waals surface area contributed by atoms with Crippen LogP contribution < -0.4 is 10.6 Å². The maximum absolute atomic E-state index is 12.8. The maximum Gasteiger partial charge on any atom is 0.252 e. The van der Waals surface area contributed by atoms with Crippen molar-refractivity contribution in [3.05, 3.63) is 89.8 Å². The van der Waals surface area contributed by atoms with Gasteiger partial charge in [0.25, 0.3) is 5.91 Å². The highest BCUT2D eigenvalue weighted by atomic mass is 32.2. The molecule has 0 spiro atoms. The third kappa shape index (κ3) is 6.30. The number of amides is 2. The van der Waals surface area contributed by atoms with Gasteiger partial charge in [0.1, 0.15) is 6.54 Å². The summed E-state index contributed by atoms with van der Waals surface area (Å²) in [5.74, 6) is 1.23. The van der Waals surface area contributed by atoms with Gasteiger partial charge in [0, 0.05) is 36.4 Å². The zero-order valence-electron chi connectivity index (χ0n) is 17.9. The molecule has 9 nitrogen and oxygen atoms in total. The first-order valence-corrected chi connectivity index (χ1v) is 11.2. The molecular formula is C23H22N6O3S. The first kappa shape index (κ1) is 22.3. The quantitative estimate of drug-likeness (QED) is 0.366. The fourth-order valence-corrected chi connectivity index (χ4v) is 3.99. The van der Waals surface area contributed by atoms with Gasteiger partial charge in [-0.3, -0.25) is 14.3 Å². The van der Waals surface area contributed by atoms with Crippen molar-refractivity contribution in [3.8, 4) is 0 Å². The number of hydrogen-bond acceptors (Lipinski definition) is 7. The van der Waals surface area contributed by atoms with Crippen molar-refractivity contribution in [1.82, 2.24) is 25.2 Å². The summed E-state index contributed by atoms with van der Waals surface area (Å²) >= 11 is 1.47. The number of aromatic nitrogens is 4. The Balaban J connectivity index is 1.34. The predicted molar refractivity (Wildman–Crippen MR) is 124 cm³/mol. The van der Waals surface area contributed by atoms with Crippen LogP contribution in [0.4, 0.5) is 5.69 Å². The van der Waals surface area contributed by atoms with Crippen LogP contribution in [0.5, 0.6) is 0 Å². The minimum Gasteiger partial charge on any atom is -0.348 e. The summed E-state index contributed by atoms with van der Waals surface area (Å²) in [6.45, 7) is 2.19. The van der Waals surface area contributed by atoms with Crippen LogP contribution in [0.15, 0.2) is 76.4 Å². The lowest BCUT2D eigenvalue weighted by molar-refractivity contribution is -0.116. The molecule has 0 fully saturated rings. The van der Waals surface area contributed by atoms with Crippen LogP contribution >= 0.6 is 11.8 Å². The molecule has 0 bridgehead atoms. The second kappa shape index (κ2) is 10.6. The SMILES string of the molecule is Cc1nc(CSc2ccccc2C(=O)NCc2cccc(NC(=O)Cn3cccn3)c2)no1. The van der Waals surface area contributed by atoms with Crippen LogP contribution in [0.25, 0.3) is 0 Å². The minimum atomic E-state index is -0.185. The Kier molecular flexibility index (Phi) is 7.16. The molecule has 0 aliphatic rings. The summed E-state index contributed by atoms with van der Waals surface area (Å²) in [6.07, 6.45) is 3.35. The summed E-state index contributed by atoms with van der Waals surface area (Å²) in [5.41, 5.74) is 2.10. The molecule has 0 aliphatic carbocycles. The fourth-order valence-electron chi connectivity index (χ4n) is 3.10. The van der Waals surface area contributed by atoms with E-state index in [4.69, 9.17) is 4.52 Å². The summed E-state index contributed by atoms with van der Waals surface area (Å²) < 4.78 is 6.54. The third-order valence-corrected chi connectivity index (χ3v) is 5.66. The van der Waals surface area contributed by atoms with E-state index in [-0.39, 0.29) is 18.4 Å². The van der Waals surface area contributed by atoms with Crippen LogP contribution in [-0.2, 0) is 23.6 Å². The molecule has 0 radical (unpaired) electrons. The topological polar surface area (TPSA) is 115 Å². The summed E-state index contributed by atoms with van der Waals surface area (Å²) in [5, 5.41) is 13.7. The number of rotatable bonds is 9. The van der Waals surface area contributed by atoms with E-state index in [1.807, 2.05) is 36.4 Å². The van der Waals surface area contributed by atoms with Crippen molar-refractivity contribution in [2.24, 2.45) is 0 Å². The second-order valence-electron chi connectivity index (χ2n) is 7.15. The van der Waals surface area contributed by atoms with Gasteiger partial charge in [-0.15, -0.1) is 11.8 Å². The van der Waals surface area contributed by atoms with Crippen LogP contribution in [0.3, 0.4) is 0 Å². The van der Waals surface area contributed by atoms with E-state index in [2.05, 4.69) is 25.9 Å². The second-order valence-corrected chi connectivity index (χ2v) is 8.17. The molecule has 4 aromatic rings. The zero-order chi connectivity index (χ0) is 23.0. The van der Waals surface area contributed by atoms with E-state index in [9.17, 15) is 9.59 Å². The number of nitrogens with zero attached hydrogens (tertiary/aromatic N) is 4. The standard InChI is InChI=1S/C23H22N6O3S/c1-16-26-21(28-32-16)15-33-20-9-3-2-8-19(20)23(31)24-13-17-6-4-7-18(12-17)27-22(30)14-29-11-5-10-25-29/h2-12H,13-15H2,1H3,(H,24,31)(H,27,30). The average Bonchev–Trinajstić information content (AvgIpc) is 3.48. The molecule has 2 aromatic carbocycles. The third-order valence-electron chi connectivity index (χ3n) is 4.59. The number of thioether (sulfide) groups is 1. The number of carbonyl (C=O) groups excluding carboxylic acids is 2. The Bertz CT molecular complexity index is 1240. The average molecular weight is 463 g/mol. The normalized spacial score (nSPS) is 10.7. The zero-order valence-corrected chi connectivity index (χ0v) is 18.7. The van der Waals surface area contributed by atoms with Gasteiger partial charge < -0.3 is 15.2 Å². The summed E-state index contributed by atoms with van der Waals surface area (Å²) in [6, 6.07) is 16.5. The highest BCUT2D eigenvalue weighted by Gasteiger charge is 2.13. The smallest absolute Gasteiger partial charge is 0.252 e. The molecule has 2 heterocycles. The van der Waals surface area contributed by atoms with E-state index >= 15 is 0 Å². The largest absolute Gasteiger partial charge is 0.348 e. The van der Waals surface area contributed by atoms with Gasteiger partial charge >= 0.3 is 0 Å². The van der Waals surface area contributed by atoms with E-state index < -0.39 is 0 Å². The monoisotopic (exact) mass is 462 g/mol. The van der Waals surface area contributed by atoms with Gasteiger partial charge in [0.05, 0.1) is 11.3 Å². The van der Waals surface area contributed by atoms with Crippen molar-refractivity contribution < 1.29 is 14.1 Å². The maximum atomic E-state index is 12.8. The minimum absolute atomic E-state index is 0.131. The van der Waals surface area contributed by atoms with Crippen molar-refractivity contribution in [2.75, 3.05) is 5.32 Å². The molecule has 4 rings (SSSR count). The molecule has 0 unspecified atom stereocenters. The molecule has 2 aromatic heterocycles. The van der Waals surface area contributed by atoms with E-state index in [1.165, 1.54) is 11.8 Å².